The number of nitrogens with one attached hydrogen (secondary N) is 2. The van der Waals surface area contributed by atoms with Gasteiger partial charge < -0.3 is 24.5 Å². The van der Waals surface area contributed by atoms with E-state index in [1.165, 1.54) is 23.5 Å². The van der Waals surface area contributed by atoms with E-state index in [-0.39, 0.29) is 42.1 Å². The van der Waals surface area contributed by atoms with E-state index in [2.05, 4.69) is 15.6 Å². The van der Waals surface area contributed by atoms with Crippen molar-refractivity contribution in [2.24, 2.45) is 0 Å². The Hall–Kier alpha value is -6.11. The topological polar surface area (TPSA) is 137 Å². The van der Waals surface area contributed by atoms with Gasteiger partial charge in [0.2, 0.25) is 5.89 Å². The fourth-order valence-corrected chi connectivity index (χ4v) is 7.28. The quantitative estimate of drug-likeness (QED) is 0.0658. The number of benzene rings is 5. The fraction of sp³-hybridized carbons (Fsp3) is 0.159. The molecule has 1 heterocycles. The molecule has 0 radical (unpaired) electrons. The van der Waals surface area contributed by atoms with Crippen molar-refractivity contribution in [3.8, 4) is 11.5 Å². The van der Waals surface area contributed by atoms with Crippen molar-refractivity contribution in [2.45, 2.75) is 35.9 Å². The van der Waals surface area contributed by atoms with Crippen LogP contribution in [0.2, 0.25) is 0 Å². The van der Waals surface area contributed by atoms with Crippen LogP contribution >= 0.6 is 23.5 Å². The van der Waals surface area contributed by atoms with E-state index in [4.69, 9.17) is 13.9 Å². The third-order valence-corrected chi connectivity index (χ3v) is 10.5. The lowest BCUT2D eigenvalue weighted by atomic mass is 10.2. The molecule has 0 aliphatic rings. The van der Waals surface area contributed by atoms with Crippen LogP contribution < -0.4 is 10.6 Å². The molecule has 284 valence electrons. The molecule has 0 saturated carbocycles. The molecule has 0 saturated heterocycles. The van der Waals surface area contributed by atoms with Crippen molar-refractivity contribution in [1.29, 1.82) is 0 Å². The molecule has 0 bridgehead atoms. The van der Waals surface area contributed by atoms with E-state index in [0.29, 0.717) is 22.4 Å². The first-order valence-electron chi connectivity index (χ1n) is 17.8. The zero-order chi connectivity index (χ0) is 39.0. The lowest BCUT2D eigenvalue weighted by Gasteiger charge is -2.18. The van der Waals surface area contributed by atoms with E-state index >= 15 is 0 Å². The molecule has 0 fully saturated rings. The van der Waals surface area contributed by atoms with Gasteiger partial charge >= 0.3 is 11.9 Å². The third-order valence-electron chi connectivity index (χ3n) is 8.30. The second-order valence-electron chi connectivity index (χ2n) is 12.4. The highest BCUT2D eigenvalue weighted by Gasteiger charge is 2.27. The molecule has 2 atom stereocenters. The van der Waals surface area contributed by atoms with Crippen LogP contribution in [0.25, 0.3) is 11.5 Å². The fourth-order valence-electron chi connectivity index (χ4n) is 5.36. The Morgan fingerprint density at radius 3 is 1.64 bits per heavy atom. The summed E-state index contributed by atoms with van der Waals surface area (Å²) in [6.45, 7) is -0.665. The van der Waals surface area contributed by atoms with E-state index < -0.39 is 35.8 Å². The molecule has 0 spiro atoms. The maximum Gasteiger partial charge on any atom is 0.329 e. The SMILES string of the molecule is O=C(N[C@@H](CSCc1ccccc1)C(=O)OCc1oc(-c2ccccc2)nc1COC(=O)[C@@H](CSc1ccccc1)NC(=O)c1ccccc1)c1ccccc1. The maximum atomic E-state index is 13.6. The first kappa shape index (κ1) is 39.6. The van der Waals surface area contributed by atoms with E-state index in [1.54, 1.807) is 60.7 Å². The molecule has 0 aliphatic carbocycles. The van der Waals surface area contributed by atoms with Crippen molar-refractivity contribution < 1.29 is 33.1 Å². The first-order chi connectivity index (χ1) is 27.4. The normalized spacial score (nSPS) is 11.9. The second kappa shape index (κ2) is 20.5. The summed E-state index contributed by atoms with van der Waals surface area (Å²) >= 11 is 2.89. The van der Waals surface area contributed by atoms with Gasteiger partial charge in [-0.1, -0.05) is 103 Å². The summed E-state index contributed by atoms with van der Waals surface area (Å²) in [5, 5.41) is 5.63. The molecule has 56 heavy (non-hydrogen) atoms. The van der Waals surface area contributed by atoms with Gasteiger partial charge in [0.1, 0.15) is 24.4 Å². The Balaban J connectivity index is 1.16. The van der Waals surface area contributed by atoms with Crippen LogP contribution in [0.1, 0.15) is 37.7 Å². The lowest BCUT2D eigenvalue weighted by molar-refractivity contribution is -0.148. The first-order valence-corrected chi connectivity index (χ1v) is 20.0. The number of esters is 2. The van der Waals surface area contributed by atoms with Crippen molar-refractivity contribution in [1.82, 2.24) is 15.6 Å². The number of thioether (sulfide) groups is 2. The van der Waals surface area contributed by atoms with E-state index in [0.717, 1.165) is 10.5 Å². The Morgan fingerprint density at radius 2 is 1.07 bits per heavy atom. The number of rotatable bonds is 18. The average molecular weight is 786 g/mol. The molecule has 12 heteroatoms. The number of carbonyl (C=O) groups is 4. The molecule has 6 aromatic rings. The van der Waals surface area contributed by atoms with Crippen LogP contribution in [0.15, 0.2) is 161 Å². The number of carbonyl (C=O) groups excluding carboxylic acids is 4. The summed E-state index contributed by atoms with van der Waals surface area (Å²) in [7, 11) is 0. The summed E-state index contributed by atoms with van der Waals surface area (Å²) in [6, 6.07) is 43.7. The zero-order valence-electron chi connectivity index (χ0n) is 30.2. The molecular formula is C44H39N3O7S2. The molecule has 5 aromatic carbocycles. The Labute approximate surface area is 333 Å². The van der Waals surface area contributed by atoms with Gasteiger partial charge in [-0.05, 0) is 54.1 Å². The highest BCUT2D eigenvalue weighted by molar-refractivity contribution is 7.99. The van der Waals surface area contributed by atoms with Crippen LogP contribution in [-0.4, -0.2) is 52.3 Å². The number of hydrogen-bond donors (Lipinski definition) is 2. The minimum atomic E-state index is -1.00. The van der Waals surface area contributed by atoms with Gasteiger partial charge in [-0.3, -0.25) is 9.59 Å². The van der Waals surface area contributed by atoms with Gasteiger partial charge in [0.15, 0.2) is 12.4 Å². The van der Waals surface area contributed by atoms with Crippen LogP contribution in [0.3, 0.4) is 0 Å². The van der Waals surface area contributed by atoms with Gasteiger partial charge in [0.25, 0.3) is 11.8 Å². The van der Waals surface area contributed by atoms with Crippen LogP contribution in [0.5, 0.6) is 0 Å². The number of nitrogens with zero attached hydrogens (tertiary/aromatic N) is 1. The van der Waals surface area contributed by atoms with Gasteiger partial charge in [0, 0.05) is 38.8 Å². The van der Waals surface area contributed by atoms with E-state index in [1.807, 2.05) is 91.0 Å². The number of hydrogen-bond acceptors (Lipinski definition) is 10. The number of aromatic nitrogens is 1. The van der Waals surface area contributed by atoms with Crippen molar-refractivity contribution in [2.75, 3.05) is 11.5 Å². The molecular weight excluding hydrogens is 747 g/mol. The summed E-state index contributed by atoms with van der Waals surface area (Å²) in [5.41, 5.74) is 2.78. The minimum absolute atomic E-state index is 0.165. The highest BCUT2D eigenvalue weighted by Crippen LogP contribution is 2.25. The van der Waals surface area contributed by atoms with Gasteiger partial charge in [-0.25, -0.2) is 14.6 Å². The second-order valence-corrected chi connectivity index (χ2v) is 14.5. The Kier molecular flexibility index (Phi) is 14.5. The predicted octanol–water partition coefficient (Wildman–Crippen LogP) is 7.75. The Morgan fingerprint density at radius 1 is 0.589 bits per heavy atom. The smallest absolute Gasteiger partial charge is 0.329 e. The Bertz CT molecular complexity index is 2170. The number of oxazole rings is 1. The molecule has 10 nitrogen and oxygen atoms in total. The predicted molar refractivity (Wildman–Crippen MR) is 217 cm³/mol. The summed E-state index contributed by atoms with van der Waals surface area (Å²) < 4.78 is 17.6. The average Bonchev–Trinajstić information content (AvgIpc) is 3.67. The standard InChI is InChI=1S/C44H39N3O7S2/c48-40(32-18-8-2-9-19-32)45-37(29-55-28-31-16-6-1-7-17-31)43(50)53-27-39-36(47-42(54-39)34-22-12-4-13-23-34)26-52-44(51)38(30-56-35-24-14-5-15-25-35)46-41(49)33-20-10-3-11-21-33/h1-25,37-38H,26-30H2,(H,45,48)(H,46,49)/t37-,38+/m0/s1. The van der Waals surface area contributed by atoms with Crippen molar-refractivity contribution in [3.05, 3.63) is 180 Å². The molecule has 2 amide bonds. The molecule has 0 unspecified atom stereocenters. The van der Waals surface area contributed by atoms with E-state index in [9.17, 15) is 19.2 Å². The third kappa shape index (κ3) is 11.7. The molecule has 2 N–H and O–H groups in total. The highest BCUT2D eigenvalue weighted by atomic mass is 32.2. The van der Waals surface area contributed by atoms with Gasteiger partial charge in [-0.15, -0.1) is 11.8 Å². The summed E-state index contributed by atoms with van der Waals surface area (Å²) in [5.74, 6) is -0.690. The molecule has 0 aliphatic heterocycles. The van der Waals surface area contributed by atoms with Gasteiger partial charge in [0.05, 0.1) is 0 Å². The zero-order valence-corrected chi connectivity index (χ0v) is 31.9. The monoisotopic (exact) mass is 785 g/mol. The van der Waals surface area contributed by atoms with Crippen LogP contribution in [0.4, 0.5) is 0 Å². The number of amides is 2. The van der Waals surface area contributed by atoms with Gasteiger partial charge in [-0.2, -0.15) is 11.8 Å². The van der Waals surface area contributed by atoms with Crippen molar-refractivity contribution in [3.63, 3.8) is 0 Å². The van der Waals surface area contributed by atoms with Crippen LogP contribution in [-0.2, 0) is 38.0 Å². The van der Waals surface area contributed by atoms with Crippen molar-refractivity contribution >= 4 is 47.3 Å². The molecule has 1 aromatic heterocycles. The summed E-state index contributed by atoms with van der Waals surface area (Å²) in [6.07, 6.45) is 0. The largest absolute Gasteiger partial charge is 0.457 e. The number of ether oxygens (including phenoxy) is 2. The lowest BCUT2D eigenvalue weighted by Crippen LogP contribution is -2.43. The molecule has 6 rings (SSSR count). The minimum Gasteiger partial charge on any atom is -0.457 e. The maximum absolute atomic E-state index is 13.6. The van der Waals surface area contributed by atoms with Crippen LogP contribution in [0, 0.1) is 0 Å². The summed E-state index contributed by atoms with van der Waals surface area (Å²) in [4.78, 5) is 59.0.